The second-order valence-corrected chi connectivity index (χ2v) is 5.66. The third-order valence-corrected chi connectivity index (χ3v) is 3.93. The Hall–Kier alpha value is -3.94. The van der Waals surface area contributed by atoms with Crippen LogP contribution in [0.2, 0.25) is 0 Å². The van der Waals surface area contributed by atoms with Crippen molar-refractivity contribution in [2.45, 2.75) is 0 Å². The zero-order chi connectivity index (χ0) is 18.6. The van der Waals surface area contributed by atoms with Gasteiger partial charge in [-0.15, -0.1) is 0 Å². The topological polar surface area (TPSA) is 93.4 Å². The Labute approximate surface area is 154 Å². The second-order valence-electron chi connectivity index (χ2n) is 5.66. The summed E-state index contributed by atoms with van der Waals surface area (Å²) in [6.07, 6.45) is 6.61. The van der Waals surface area contributed by atoms with Crippen LogP contribution in [0.15, 0.2) is 67.3 Å². The van der Waals surface area contributed by atoms with E-state index in [0.717, 1.165) is 5.69 Å². The van der Waals surface area contributed by atoms with E-state index in [1.165, 1.54) is 6.20 Å². The van der Waals surface area contributed by atoms with E-state index >= 15 is 0 Å². The van der Waals surface area contributed by atoms with E-state index in [4.69, 9.17) is 4.74 Å². The zero-order valence-corrected chi connectivity index (χ0v) is 14.5. The first-order valence-electron chi connectivity index (χ1n) is 8.20. The molecule has 0 unspecified atom stereocenters. The van der Waals surface area contributed by atoms with Crippen LogP contribution in [0.5, 0.6) is 5.75 Å². The van der Waals surface area contributed by atoms with Gasteiger partial charge in [0.05, 0.1) is 18.9 Å². The van der Waals surface area contributed by atoms with E-state index in [1.807, 2.05) is 18.2 Å². The second kappa shape index (κ2) is 7.12. The predicted molar refractivity (Wildman–Crippen MR) is 101 cm³/mol. The normalized spacial score (nSPS) is 10.6. The first-order chi connectivity index (χ1) is 13.2. The lowest BCUT2D eigenvalue weighted by Gasteiger charge is -2.08. The van der Waals surface area contributed by atoms with Gasteiger partial charge in [-0.25, -0.2) is 14.5 Å². The van der Waals surface area contributed by atoms with E-state index in [0.29, 0.717) is 28.5 Å². The summed E-state index contributed by atoms with van der Waals surface area (Å²) in [7, 11) is 1.56. The summed E-state index contributed by atoms with van der Waals surface area (Å²) in [5.74, 6) is 0.830. The van der Waals surface area contributed by atoms with Gasteiger partial charge in [-0.1, -0.05) is 0 Å². The summed E-state index contributed by atoms with van der Waals surface area (Å²) >= 11 is 0. The van der Waals surface area contributed by atoms with Gasteiger partial charge in [0.1, 0.15) is 11.3 Å². The van der Waals surface area contributed by atoms with Crippen molar-refractivity contribution < 1.29 is 9.53 Å². The number of benzene rings is 1. The maximum absolute atomic E-state index is 12.7. The number of carbonyl (C=O) groups excluding carboxylic acids is 1. The molecular formula is C19H16N6O2. The number of fused-ring (bicyclic) bond motifs is 1. The van der Waals surface area contributed by atoms with E-state index in [1.54, 1.807) is 54.5 Å². The van der Waals surface area contributed by atoms with E-state index in [2.05, 4.69) is 25.7 Å². The van der Waals surface area contributed by atoms with Crippen LogP contribution < -0.4 is 15.4 Å². The Morgan fingerprint density at radius 3 is 2.52 bits per heavy atom. The molecule has 3 heterocycles. The molecule has 2 N–H and O–H groups in total. The molecular weight excluding hydrogens is 344 g/mol. The van der Waals surface area contributed by atoms with Crippen molar-refractivity contribution in [3.8, 4) is 5.75 Å². The molecule has 0 spiro atoms. The molecule has 0 aliphatic rings. The molecule has 8 nitrogen and oxygen atoms in total. The summed E-state index contributed by atoms with van der Waals surface area (Å²) in [6.45, 7) is 0. The first-order valence-corrected chi connectivity index (χ1v) is 8.20. The maximum Gasteiger partial charge on any atom is 0.259 e. The molecule has 8 heteroatoms. The van der Waals surface area contributed by atoms with E-state index < -0.39 is 0 Å². The highest BCUT2D eigenvalue weighted by Crippen LogP contribution is 2.24. The number of hydrogen-bond acceptors (Lipinski definition) is 6. The van der Waals surface area contributed by atoms with Gasteiger partial charge in [0.25, 0.3) is 5.91 Å². The molecule has 0 bridgehead atoms. The van der Waals surface area contributed by atoms with Crippen LogP contribution in [-0.2, 0) is 0 Å². The summed E-state index contributed by atoms with van der Waals surface area (Å²) in [6, 6.07) is 12.6. The van der Waals surface area contributed by atoms with Crippen LogP contribution in [0.3, 0.4) is 0 Å². The predicted octanol–water partition coefficient (Wildman–Crippen LogP) is 3.13. The van der Waals surface area contributed by atoms with Gasteiger partial charge in [0.15, 0.2) is 0 Å². The minimum Gasteiger partial charge on any atom is -0.494 e. The van der Waals surface area contributed by atoms with Gasteiger partial charge in [-0.05, 0) is 42.5 Å². The highest BCUT2D eigenvalue weighted by molar-refractivity contribution is 6.09. The summed E-state index contributed by atoms with van der Waals surface area (Å²) in [5.41, 5.74) is 2.54. The number of nitrogens with one attached hydrogen (secondary N) is 2. The zero-order valence-electron chi connectivity index (χ0n) is 14.5. The lowest BCUT2D eigenvalue weighted by molar-refractivity contribution is 0.102. The minimum absolute atomic E-state index is 0.262. The molecule has 0 aliphatic carbocycles. The van der Waals surface area contributed by atoms with Gasteiger partial charge in [-0.3, -0.25) is 4.79 Å². The quantitative estimate of drug-likeness (QED) is 0.568. The van der Waals surface area contributed by atoms with Crippen LogP contribution in [-0.4, -0.2) is 32.6 Å². The number of anilines is 3. The number of aromatic nitrogens is 4. The minimum atomic E-state index is -0.262. The number of hydrogen-bond donors (Lipinski definition) is 2. The number of amides is 1. The Kier molecular flexibility index (Phi) is 4.36. The van der Waals surface area contributed by atoms with Gasteiger partial charge in [-0.2, -0.15) is 5.10 Å². The highest BCUT2D eigenvalue weighted by Gasteiger charge is 2.16. The molecule has 134 valence electrons. The first kappa shape index (κ1) is 16.5. The molecule has 0 atom stereocenters. The van der Waals surface area contributed by atoms with Crippen LogP contribution in [0.4, 0.5) is 17.3 Å². The van der Waals surface area contributed by atoms with Crippen LogP contribution in [0.25, 0.3) is 5.52 Å². The number of ether oxygens (including phenoxy) is 1. The standard InChI is InChI=1S/C19H16N6O2/c1-27-16-4-2-11-25-17(16)15(12-22-25)18(26)23-13-5-7-14(8-6-13)24-19-20-9-3-10-21-19/h2-12H,1H3,(H,23,26)(H,20,21,24). The molecule has 0 saturated carbocycles. The van der Waals surface area contributed by atoms with Crippen molar-refractivity contribution in [2.24, 2.45) is 0 Å². The van der Waals surface area contributed by atoms with Crippen LogP contribution >= 0.6 is 0 Å². The maximum atomic E-state index is 12.7. The van der Waals surface area contributed by atoms with Crippen molar-refractivity contribution in [1.29, 1.82) is 0 Å². The van der Waals surface area contributed by atoms with Gasteiger partial charge >= 0.3 is 0 Å². The molecule has 27 heavy (non-hydrogen) atoms. The molecule has 0 radical (unpaired) electrons. The Balaban J connectivity index is 1.52. The van der Waals surface area contributed by atoms with Crippen LogP contribution in [0, 0.1) is 0 Å². The summed E-state index contributed by atoms with van der Waals surface area (Å²) in [4.78, 5) is 20.9. The average Bonchev–Trinajstić information content (AvgIpc) is 3.15. The molecule has 0 saturated heterocycles. The molecule has 1 aromatic carbocycles. The van der Waals surface area contributed by atoms with E-state index in [9.17, 15) is 4.79 Å². The molecule has 4 rings (SSSR count). The van der Waals surface area contributed by atoms with Gasteiger partial charge < -0.3 is 15.4 Å². The van der Waals surface area contributed by atoms with Crippen molar-refractivity contribution in [1.82, 2.24) is 19.6 Å². The fourth-order valence-corrected chi connectivity index (χ4v) is 2.67. The van der Waals surface area contributed by atoms with Crippen molar-refractivity contribution in [2.75, 3.05) is 17.7 Å². The fraction of sp³-hybridized carbons (Fsp3) is 0.0526. The molecule has 3 aromatic heterocycles. The third kappa shape index (κ3) is 3.40. The van der Waals surface area contributed by atoms with Crippen LogP contribution in [0.1, 0.15) is 10.4 Å². The largest absolute Gasteiger partial charge is 0.494 e. The third-order valence-electron chi connectivity index (χ3n) is 3.93. The number of pyridine rings is 1. The van der Waals surface area contributed by atoms with E-state index in [-0.39, 0.29) is 5.91 Å². The highest BCUT2D eigenvalue weighted by atomic mass is 16.5. The smallest absolute Gasteiger partial charge is 0.259 e. The molecule has 0 fully saturated rings. The monoisotopic (exact) mass is 360 g/mol. The summed E-state index contributed by atoms with van der Waals surface area (Å²) in [5, 5.41) is 10.2. The van der Waals surface area contributed by atoms with Crippen molar-refractivity contribution in [3.05, 3.63) is 72.8 Å². The Bertz CT molecular complexity index is 1080. The van der Waals surface area contributed by atoms with Crippen molar-refractivity contribution >= 4 is 28.7 Å². The molecule has 0 aliphatic heterocycles. The van der Waals surface area contributed by atoms with Crippen molar-refractivity contribution in [3.63, 3.8) is 0 Å². The number of nitrogens with zero attached hydrogens (tertiary/aromatic N) is 4. The molecule has 4 aromatic rings. The number of rotatable bonds is 5. The lowest BCUT2D eigenvalue weighted by atomic mass is 10.2. The summed E-state index contributed by atoms with van der Waals surface area (Å²) < 4.78 is 6.95. The lowest BCUT2D eigenvalue weighted by Crippen LogP contribution is -2.12. The van der Waals surface area contributed by atoms with Gasteiger partial charge in [0.2, 0.25) is 5.95 Å². The van der Waals surface area contributed by atoms with Gasteiger partial charge in [0, 0.05) is 30.0 Å². The Morgan fingerprint density at radius 2 is 1.78 bits per heavy atom. The SMILES string of the molecule is COc1cccn2ncc(C(=O)Nc3ccc(Nc4ncccn4)cc3)c12. The average molecular weight is 360 g/mol. The fourth-order valence-electron chi connectivity index (χ4n) is 2.67. The Morgan fingerprint density at radius 1 is 1.04 bits per heavy atom. The molecule has 1 amide bonds. The number of carbonyl (C=O) groups is 1. The number of methoxy groups -OCH3 is 1.